The second-order valence-corrected chi connectivity index (χ2v) is 8.54. The van der Waals surface area contributed by atoms with Crippen LogP contribution in [0.2, 0.25) is 0 Å². The molecule has 0 aliphatic carbocycles. The van der Waals surface area contributed by atoms with Crippen molar-refractivity contribution in [2.75, 3.05) is 32.8 Å². The third-order valence-corrected chi connectivity index (χ3v) is 5.38. The quantitative estimate of drug-likeness (QED) is 0.720. The molecule has 0 spiro atoms. The van der Waals surface area contributed by atoms with Crippen molar-refractivity contribution < 1.29 is 18.7 Å². The first-order valence-electron chi connectivity index (χ1n) is 9.55. The van der Waals surface area contributed by atoms with E-state index in [1.54, 1.807) is 38.7 Å². The Labute approximate surface area is 170 Å². The molecule has 1 aromatic rings. The number of carbonyl (C=O) groups is 1. The minimum Gasteiger partial charge on any atom is -0.444 e. The van der Waals surface area contributed by atoms with E-state index in [2.05, 4.69) is 6.07 Å². The van der Waals surface area contributed by atoms with Crippen molar-refractivity contribution in [2.45, 2.75) is 44.9 Å². The van der Waals surface area contributed by atoms with Gasteiger partial charge in [-0.05, 0) is 44.9 Å². The van der Waals surface area contributed by atoms with Crippen LogP contribution in [0.4, 0.5) is 9.18 Å². The Morgan fingerprint density at radius 3 is 2.69 bits per heavy atom. The summed E-state index contributed by atoms with van der Waals surface area (Å²) in [6.45, 7) is 8.76. The first-order chi connectivity index (χ1) is 13.6. The standard InChI is InChI=1S/C21H25FN4O3/c1-14-15(5-6-17(22)16(14)9-23)18-10-26-8-7-25(19(27)29-20(2,3)4)12-21(26,11-24)13-28-18/h5-6,18H,7-8,10,12-13H2,1-4H3/t18-,21-/m0/s1. The lowest BCUT2D eigenvalue weighted by molar-refractivity contribution is -0.118. The molecule has 0 aromatic heterocycles. The predicted octanol–water partition coefficient (Wildman–Crippen LogP) is 2.89. The van der Waals surface area contributed by atoms with Crippen molar-refractivity contribution in [1.82, 2.24) is 9.80 Å². The van der Waals surface area contributed by atoms with Crippen LogP contribution in [-0.2, 0) is 9.47 Å². The number of hydrogen-bond donors (Lipinski definition) is 0. The van der Waals surface area contributed by atoms with Crippen LogP contribution in [0.15, 0.2) is 12.1 Å². The fourth-order valence-electron chi connectivity index (χ4n) is 3.83. The van der Waals surface area contributed by atoms with Crippen LogP contribution in [-0.4, -0.2) is 59.8 Å². The molecule has 2 atom stereocenters. The smallest absolute Gasteiger partial charge is 0.410 e. The molecule has 154 valence electrons. The maximum absolute atomic E-state index is 13.9. The van der Waals surface area contributed by atoms with Crippen LogP contribution in [0.1, 0.15) is 43.6 Å². The molecule has 2 aliphatic heterocycles. The van der Waals surface area contributed by atoms with Crippen LogP contribution in [0.5, 0.6) is 0 Å². The fourth-order valence-corrected chi connectivity index (χ4v) is 3.83. The molecule has 0 N–H and O–H groups in total. The molecule has 8 heteroatoms. The average molecular weight is 400 g/mol. The topological polar surface area (TPSA) is 89.6 Å². The highest BCUT2D eigenvalue weighted by Crippen LogP contribution is 2.35. The Hall–Kier alpha value is -2.68. The van der Waals surface area contributed by atoms with Gasteiger partial charge in [-0.1, -0.05) is 6.07 Å². The number of morpholine rings is 1. The lowest BCUT2D eigenvalue weighted by atomic mass is 9.91. The molecular weight excluding hydrogens is 375 g/mol. The van der Waals surface area contributed by atoms with E-state index in [4.69, 9.17) is 9.47 Å². The third kappa shape index (κ3) is 4.05. The van der Waals surface area contributed by atoms with E-state index in [9.17, 15) is 19.7 Å². The van der Waals surface area contributed by atoms with Crippen molar-refractivity contribution in [3.05, 3.63) is 34.6 Å². The van der Waals surface area contributed by atoms with Crippen LogP contribution in [0, 0.1) is 35.4 Å². The molecule has 1 amide bonds. The number of halogens is 1. The van der Waals surface area contributed by atoms with Gasteiger partial charge in [0, 0.05) is 19.6 Å². The van der Waals surface area contributed by atoms with E-state index < -0.39 is 23.1 Å². The number of carbonyl (C=O) groups excluding carboxylic acids is 1. The lowest BCUT2D eigenvalue weighted by Crippen LogP contribution is -2.67. The zero-order valence-corrected chi connectivity index (χ0v) is 17.2. The van der Waals surface area contributed by atoms with Crippen molar-refractivity contribution in [3.8, 4) is 12.1 Å². The molecule has 2 fully saturated rings. The summed E-state index contributed by atoms with van der Waals surface area (Å²) in [6.07, 6.45) is -0.820. The molecule has 0 bridgehead atoms. The molecule has 1 aromatic carbocycles. The van der Waals surface area contributed by atoms with Gasteiger partial charge in [0.05, 0.1) is 30.9 Å². The number of piperazine rings is 1. The van der Waals surface area contributed by atoms with Gasteiger partial charge in [0.1, 0.15) is 17.5 Å². The van der Waals surface area contributed by atoms with Gasteiger partial charge in [0.15, 0.2) is 5.54 Å². The van der Waals surface area contributed by atoms with Gasteiger partial charge in [-0.15, -0.1) is 0 Å². The molecule has 0 radical (unpaired) electrons. The highest BCUT2D eigenvalue weighted by molar-refractivity contribution is 5.68. The maximum Gasteiger partial charge on any atom is 0.410 e. The summed E-state index contributed by atoms with van der Waals surface area (Å²) in [6, 6.07) is 7.13. The van der Waals surface area contributed by atoms with E-state index in [1.165, 1.54) is 6.07 Å². The first kappa shape index (κ1) is 21.0. The lowest BCUT2D eigenvalue weighted by Gasteiger charge is -2.50. The van der Waals surface area contributed by atoms with Crippen LogP contribution in [0.3, 0.4) is 0 Å². The molecule has 2 saturated heterocycles. The number of amides is 1. The number of hydrogen-bond acceptors (Lipinski definition) is 6. The van der Waals surface area contributed by atoms with E-state index in [-0.39, 0.29) is 24.8 Å². The molecular formula is C21H25FN4O3. The molecule has 0 saturated carbocycles. The summed E-state index contributed by atoms with van der Waals surface area (Å²) in [4.78, 5) is 16.0. The van der Waals surface area contributed by atoms with Gasteiger partial charge >= 0.3 is 6.09 Å². The summed E-state index contributed by atoms with van der Waals surface area (Å²) in [5, 5.41) is 19.1. The predicted molar refractivity (Wildman–Crippen MR) is 102 cm³/mol. The van der Waals surface area contributed by atoms with Crippen LogP contribution >= 0.6 is 0 Å². The zero-order chi connectivity index (χ0) is 21.4. The number of nitrogens with zero attached hydrogens (tertiary/aromatic N) is 4. The van der Waals surface area contributed by atoms with Crippen molar-refractivity contribution in [3.63, 3.8) is 0 Å². The number of fused-ring (bicyclic) bond motifs is 1. The summed E-state index contributed by atoms with van der Waals surface area (Å²) in [5.74, 6) is -0.554. The Balaban J connectivity index is 1.79. The zero-order valence-electron chi connectivity index (χ0n) is 17.2. The molecule has 29 heavy (non-hydrogen) atoms. The summed E-state index contributed by atoms with van der Waals surface area (Å²) in [5.41, 5.74) is -0.269. The van der Waals surface area contributed by atoms with Crippen molar-refractivity contribution in [2.24, 2.45) is 0 Å². The second-order valence-electron chi connectivity index (χ2n) is 8.54. The molecule has 3 rings (SSSR count). The van der Waals surface area contributed by atoms with Gasteiger partial charge < -0.3 is 14.4 Å². The van der Waals surface area contributed by atoms with Gasteiger partial charge in [-0.25, -0.2) is 9.18 Å². The Kier molecular flexibility index (Phi) is 5.53. The second kappa shape index (κ2) is 7.62. The highest BCUT2D eigenvalue weighted by atomic mass is 19.1. The number of ether oxygens (including phenoxy) is 2. The van der Waals surface area contributed by atoms with Crippen LogP contribution < -0.4 is 0 Å². The molecule has 2 heterocycles. The highest BCUT2D eigenvalue weighted by Gasteiger charge is 2.48. The molecule has 0 unspecified atom stereocenters. The first-order valence-corrected chi connectivity index (χ1v) is 9.55. The largest absolute Gasteiger partial charge is 0.444 e. The SMILES string of the molecule is Cc1c([C@@H]2CN3CCN(C(=O)OC(C)(C)C)C[C@@]3(C#N)CO2)ccc(F)c1C#N. The molecule has 2 aliphatic rings. The van der Waals surface area contributed by atoms with Gasteiger partial charge in [-0.3, -0.25) is 4.90 Å². The normalized spacial score (nSPS) is 24.9. The average Bonchev–Trinajstić information content (AvgIpc) is 2.66. The number of nitriles is 2. The van der Waals surface area contributed by atoms with Crippen LogP contribution in [0.25, 0.3) is 0 Å². The van der Waals surface area contributed by atoms with E-state index >= 15 is 0 Å². The van der Waals surface area contributed by atoms with E-state index in [0.717, 1.165) is 5.56 Å². The third-order valence-electron chi connectivity index (χ3n) is 5.38. The maximum atomic E-state index is 13.9. The Morgan fingerprint density at radius 1 is 1.34 bits per heavy atom. The van der Waals surface area contributed by atoms with Crippen molar-refractivity contribution in [1.29, 1.82) is 10.5 Å². The fraction of sp³-hybridized carbons (Fsp3) is 0.571. The molecule has 7 nitrogen and oxygen atoms in total. The minimum absolute atomic E-state index is 0.0120. The number of benzene rings is 1. The Bertz CT molecular complexity index is 899. The van der Waals surface area contributed by atoms with E-state index in [1.807, 2.05) is 11.0 Å². The van der Waals surface area contributed by atoms with Gasteiger partial charge in [0.25, 0.3) is 0 Å². The summed E-state index contributed by atoms with van der Waals surface area (Å²) in [7, 11) is 0. The van der Waals surface area contributed by atoms with Gasteiger partial charge in [0.2, 0.25) is 0 Å². The summed E-state index contributed by atoms with van der Waals surface area (Å²) < 4.78 is 25.3. The van der Waals surface area contributed by atoms with Gasteiger partial charge in [-0.2, -0.15) is 10.5 Å². The minimum atomic E-state index is -0.961. The van der Waals surface area contributed by atoms with E-state index in [0.29, 0.717) is 25.2 Å². The van der Waals surface area contributed by atoms with Crippen molar-refractivity contribution >= 4 is 6.09 Å². The Morgan fingerprint density at radius 2 is 2.07 bits per heavy atom. The number of rotatable bonds is 1. The monoisotopic (exact) mass is 400 g/mol. The summed E-state index contributed by atoms with van der Waals surface area (Å²) >= 11 is 0.